The molecule has 1 aromatic rings. The van der Waals surface area contributed by atoms with Crippen LogP contribution in [-0.2, 0) is 0 Å². The van der Waals surface area contributed by atoms with E-state index in [2.05, 4.69) is 38.6 Å². The van der Waals surface area contributed by atoms with Crippen molar-refractivity contribution >= 4 is 23.5 Å². The molecule has 0 saturated carbocycles. The average Bonchev–Trinajstić information content (AvgIpc) is 2.91. The van der Waals surface area contributed by atoms with Gasteiger partial charge >= 0.3 is 0 Å². The zero-order chi connectivity index (χ0) is 13.8. The Morgan fingerprint density at radius 2 is 1.95 bits per heavy atom. The second kappa shape index (κ2) is 6.37. The van der Waals surface area contributed by atoms with Crippen LogP contribution in [0, 0.1) is 0 Å². The van der Waals surface area contributed by atoms with Crippen LogP contribution in [0.5, 0.6) is 0 Å². The van der Waals surface area contributed by atoms with Crippen LogP contribution in [0.15, 0.2) is 0 Å². The lowest BCUT2D eigenvalue weighted by atomic mass is 10.2. The number of aromatic nitrogens is 3. The predicted octanol–water partition coefficient (Wildman–Crippen LogP) is 2.75. The Hall–Kier alpha value is -1.10. The normalized spacial score (nSPS) is 16.7. The van der Waals surface area contributed by atoms with Gasteiger partial charge in [0.05, 0.1) is 0 Å². The molecule has 0 radical (unpaired) electrons. The first-order valence-corrected chi connectivity index (χ1v) is 7.39. The van der Waals surface area contributed by atoms with Gasteiger partial charge in [-0.25, -0.2) is 0 Å². The van der Waals surface area contributed by atoms with E-state index >= 15 is 0 Å². The van der Waals surface area contributed by atoms with E-state index in [9.17, 15) is 0 Å². The van der Waals surface area contributed by atoms with Crippen molar-refractivity contribution in [3.8, 4) is 0 Å². The fraction of sp³-hybridized carbons (Fsp3) is 0.769. The molecule has 0 bridgehead atoms. The minimum Gasteiger partial charge on any atom is -0.341 e. The smallest absolute Gasteiger partial charge is 0.231 e. The van der Waals surface area contributed by atoms with Crippen molar-refractivity contribution in [2.24, 2.45) is 0 Å². The van der Waals surface area contributed by atoms with Gasteiger partial charge in [-0.2, -0.15) is 15.0 Å². The highest BCUT2D eigenvalue weighted by atomic mass is 35.5. The first kappa shape index (κ1) is 14.3. The summed E-state index contributed by atoms with van der Waals surface area (Å²) in [4.78, 5) is 17.3. The van der Waals surface area contributed by atoms with Gasteiger partial charge in [-0.1, -0.05) is 13.3 Å². The number of rotatable bonds is 5. The van der Waals surface area contributed by atoms with Gasteiger partial charge in [0.25, 0.3) is 0 Å². The Morgan fingerprint density at radius 1 is 1.26 bits per heavy atom. The molecule has 1 unspecified atom stereocenters. The summed E-state index contributed by atoms with van der Waals surface area (Å²) in [6.07, 6.45) is 4.64. The van der Waals surface area contributed by atoms with Crippen LogP contribution in [0.2, 0.25) is 5.28 Å². The van der Waals surface area contributed by atoms with E-state index in [0.717, 1.165) is 25.9 Å². The molecule has 1 aromatic heterocycles. The van der Waals surface area contributed by atoms with Gasteiger partial charge in [-0.15, -0.1) is 0 Å². The summed E-state index contributed by atoms with van der Waals surface area (Å²) in [5, 5.41) is 0.280. The van der Waals surface area contributed by atoms with Crippen LogP contribution in [-0.4, -0.2) is 41.1 Å². The first-order valence-electron chi connectivity index (χ1n) is 7.01. The molecule has 0 spiro atoms. The summed E-state index contributed by atoms with van der Waals surface area (Å²) in [5.74, 6) is 1.38. The molecule has 5 nitrogen and oxygen atoms in total. The molecule has 6 heteroatoms. The molecule has 0 aromatic carbocycles. The lowest BCUT2D eigenvalue weighted by Gasteiger charge is -2.25. The molecule has 1 saturated heterocycles. The van der Waals surface area contributed by atoms with E-state index in [1.165, 1.54) is 12.8 Å². The molecule has 0 N–H and O–H groups in total. The second-order valence-corrected chi connectivity index (χ2v) is 5.49. The predicted molar refractivity (Wildman–Crippen MR) is 79.1 cm³/mol. The standard InChI is InChI=1S/C13H22ClN5/c1-4-7-10(2)18(3)12-15-11(14)16-13(17-12)19-8-5-6-9-19/h10H,4-9H2,1-3H3. The summed E-state index contributed by atoms with van der Waals surface area (Å²) >= 11 is 6.04. The molecule has 19 heavy (non-hydrogen) atoms. The molecular weight excluding hydrogens is 262 g/mol. The first-order chi connectivity index (χ1) is 9.11. The molecule has 2 heterocycles. The lowest BCUT2D eigenvalue weighted by Crippen LogP contribution is -2.31. The summed E-state index contributed by atoms with van der Waals surface area (Å²) in [5.41, 5.74) is 0. The Labute approximate surface area is 120 Å². The van der Waals surface area contributed by atoms with Crippen molar-refractivity contribution in [1.82, 2.24) is 15.0 Å². The molecule has 1 atom stereocenters. The van der Waals surface area contributed by atoms with Crippen molar-refractivity contribution in [2.75, 3.05) is 29.9 Å². The highest BCUT2D eigenvalue weighted by Gasteiger charge is 2.19. The van der Waals surface area contributed by atoms with E-state index in [0.29, 0.717) is 17.9 Å². The highest BCUT2D eigenvalue weighted by Crippen LogP contribution is 2.21. The number of halogens is 1. The summed E-state index contributed by atoms with van der Waals surface area (Å²) in [6.45, 7) is 6.37. The van der Waals surface area contributed by atoms with Crippen LogP contribution in [0.1, 0.15) is 39.5 Å². The fourth-order valence-corrected chi connectivity index (χ4v) is 2.51. The van der Waals surface area contributed by atoms with Crippen molar-refractivity contribution in [3.05, 3.63) is 5.28 Å². The maximum absolute atomic E-state index is 6.04. The van der Waals surface area contributed by atoms with Gasteiger partial charge in [0.15, 0.2) is 0 Å². The Balaban J connectivity index is 2.20. The van der Waals surface area contributed by atoms with Gasteiger partial charge in [-0.05, 0) is 37.8 Å². The Kier molecular flexibility index (Phi) is 4.80. The number of anilines is 2. The van der Waals surface area contributed by atoms with Crippen molar-refractivity contribution in [1.29, 1.82) is 0 Å². The average molecular weight is 284 g/mol. The summed E-state index contributed by atoms with van der Waals surface area (Å²) in [7, 11) is 2.01. The molecule has 1 aliphatic rings. The van der Waals surface area contributed by atoms with Crippen LogP contribution in [0.25, 0.3) is 0 Å². The van der Waals surface area contributed by atoms with E-state index in [1.54, 1.807) is 0 Å². The van der Waals surface area contributed by atoms with Gasteiger partial charge < -0.3 is 9.80 Å². The van der Waals surface area contributed by atoms with Crippen molar-refractivity contribution < 1.29 is 0 Å². The third kappa shape index (κ3) is 3.47. The molecule has 1 aliphatic heterocycles. The molecule has 0 aliphatic carbocycles. The molecular formula is C13H22ClN5. The van der Waals surface area contributed by atoms with Crippen molar-refractivity contribution in [3.63, 3.8) is 0 Å². The van der Waals surface area contributed by atoms with Gasteiger partial charge in [-0.3, -0.25) is 0 Å². The van der Waals surface area contributed by atoms with Gasteiger partial charge in [0.1, 0.15) is 0 Å². The summed E-state index contributed by atoms with van der Waals surface area (Å²) < 4.78 is 0. The maximum Gasteiger partial charge on any atom is 0.231 e. The monoisotopic (exact) mass is 283 g/mol. The van der Waals surface area contributed by atoms with E-state index < -0.39 is 0 Å². The molecule has 1 fully saturated rings. The fourth-order valence-electron chi connectivity index (χ4n) is 2.35. The van der Waals surface area contributed by atoms with E-state index in [1.807, 2.05) is 7.05 Å². The summed E-state index contributed by atoms with van der Waals surface area (Å²) in [6, 6.07) is 0.398. The minimum atomic E-state index is 0.280. The minimum absolute atomic E-state index is 0.280. The third-order valence-electron chi connectivity index (χ3n) is 3.66. The van der Waals surface area contributed by atoms with E-state index in [-0.39, 0.29) is 5.28 Å². The number of hydrogen-bond donors (Lipinski definition) is 0. The van der Waals surface area contributed by atoms with Gasteiger partial charge in [0, 0.05) is 26.2 Å². The quantitative estimate of drug-likeness (QED) is 0.831. The number of hydrogen-bond acceptors (Lipinski definition) is 5. The molecule has 0 amide bonds. The van der Waals surface area contributed by atoms with Gasteiger partial charge in [0.2, 0.25) is 17.2 Å². The molecule has 106 valence electrons. The van der Waals surface area contributed by atoms with Crippen molar-refractivity contribution in [2.45, 2.75) is 45.6 Å². The van der Waals surface area contributed by atoms with Crippen LogP contribution in [0.3, 0.4) is 0 Å². The second-order valence-electron chi connectivity index (χ2n) is 5.15. The Bertz CT molecular complexity index is 419. The zero-order valence-electron chi connectivity index (χ0n) is 11.9. The SMILES string of the molecule is CCCC(C)N(C)c1nc(Cl)nc(N2CCCC2)n1. The Morgan fingerprint density at radius 3 is 2.58 bits per heavy atom. The molecule has 2 rings (SSSR count). The zero-order valence-corrected chi connectivity index (χ0v) is 12.7. The van der Waals surface area contributed by atoms with Crippen LogP contribution < -0.4 is 9.80 Å². The lowest BCUT2D eigenvalue weighted by molar-refractivity contribution is 0.603. The largest absolute Gasteiger partial charge is 0.341 e. The highest BCUT2D eigenvalue weighted by molar-refractivity contribution is 6.28. The topological polar surface area (TPSA) is 45.2 Å². The third-order valence-corrected chi connectivity index (χ3v) is 3.83. The maximum atomic E-state index is 6.04. The van der Waals surface area contributed by atoms with Crippen LogP contribution in [0.4, 0.5) is 11.9 Å². The van der Waals surface area contributed by atoms with E-state index in [4.69, 9.17) is 11.6 Å². The van der Waals surface area contributed by atoms with Crippen LogP contribution >= 0.6 is 11.6 Å². The number of nitrogens with zero attached hydrogens (tertiary/aromatic N) is 5.